The van der Waals surface area contributed by atoms with Crippen molar-refractivity contribution in [2.24, 2.45) is 0 Å². The lowest BCUT2D eigenvalue weighted by Gasteiger charge is -2.46. The van der Waals surface area contributed by atoms with Gasteiger partial charge >= 0.3 is 0 Å². The molecular formula is C32H31FN2O4. The lowest BCUT2D eigenvalue weighted by Crippen LogP contribution is -2.61. The number of hydrogen-bond donors (Lipinski definition) is 0. The third-order valence-electron chi connectivity index (χ3n) is 8.10. The van der Waals surface area contributed by atoms with Gasteiger partial charge in [0, 0.05) is 31.7 Å². The molecule has 2 aliphatic heterocycles. The lowest BCUT2D eigenvalue weighted by atomic mass is 9.81. The maximum Gasteiger partial charge on any atom is 0.229 e. The highest BCUT2D eigenvalue weighted by molar-refractivity contribution is 6.33. The number of hydrogen-bond acceptors (Lipinski definition) is 6. The van der Waals surface area contributed by atoms with Gasteiger partial charge in [-0.3, -0.25) is 19.4 Å². The van der Waals surface area contributed by atoms with E-state index in [1.165, 1.54) is 17.7 Å². The maximum absolute atomic E-state index is 15.0. The molecule has 3 aromatic carbocycles. The molecule has 1 aliphatic carbocycles. The van der Waals surface area contributed by atoms with Crippen molar-refractivity contribution in [1.82, 2.24) is 9.80 Å². The number of carbonyl (C=O) groups excluding carboxylic acids is 2. The van der Waals surface area contributed by atoms with Crippen LogP contribution in [0.5, 0.6) is 0 Å². The Bertz CT molecular complexity index is 1440. The number of nitrogens with zero attached hydrogens (tertiary/aromatic N) is 2. The largest absolute Gasteiger partial charge is 0.462 e. The molecule has 200 valence electrons. The summed E-state index contributed by atoms with van der Waals surface area (Å²) in [5.41, 5.74) is 2.16. The topological polar surface area (TPSA) is 59.1 Å². The predicted molar refractivity (Wildman–Crippen MR) is 145 cm³/mol. The summed E-state index contributed by atoms with van der Waals surface area (Å²) in [4.78, 5) is 32.6. The number of benzene rings is 3. The molecule has 0 N–H and O–H groups in total. The Hall–Kier alpha value is -3.81. The average molecular weight is 527 g/mol. The minimum Gasteiger partial charge on any atom is -0.462 e. The fraction of sp³-hybridized carbons (Fsp3) is 0.312. The summed E-state index contributed by atoms with van der Waals surface area (Å²) in [5, 5.41) is 0. The second-order valence-electron chi connectivity index (χ2n) is 10.6. The van der Waals surface area contributed by atoms with Crippen molar-refractivity contribution in [2.45, 2.75) is 31.8 Å². The Morgan fingerprint density at radius 2 is 1.62 bits per heavy atom. The molecule has 39 heavy (non-hydrogen) atoms. The second-order valence-corrected chi connectivity index (χ2v) is 10.6. The van der Waals surface area contributed by atoms with Crippen LogP contribution >= 0.6 is 0 Å². The van der Waals surface area contributed by atoms with Crippen LogP contribution in [0.4, 0.5) is 4.39 Å². The number of aryl methyl sites for hydroxylation is 2. The van der Waals surface area contributed by atoms with Crippen LogP contribution in [0.2, 0.25) is 0 Å². The van der Waals surface area contributed by atoms with Gasteiger partial charge in [0.1, 0.15) is 12.1 Å². The van der Waals surface area contributed by atoms with E-state index in [1.807, 2.05) is 55.1 Å². The van der Waals surface area contributed by atoms with Crippen LogP contribution in [-0.2, 0) is 21.4 Å². The van der Waals surface area contributed by atoms with Gasteiger partial charge in [0.25, 0.3) is 0 Å². The molecule has 0 saturated carbocycles. The van der Waals surface area contributed by atoms with Gasteiger partial charge in [-0.1, -0.05) is 71.8 Å². The molecule has 0 aromatic heterocycles. The third-order valence-corrected chi connectivity index (χ3v) is 8.10. The van der Waals surface area contributed by atoms with Gasteiger partial charge < -0.3 is 9.47 Å². The number of ketones is 2. The average Bonchev–Trinajstić information content (AvgIpc) is 3.54. The van der Waals surface area contributed by atoms with Crippen molar-refractivity contribution < 1.29 is 23.5 Å². The molecule has 2 heterocycles. The first-order valence-corrected chi connectivity index (χ1v) is 13.3. The van der Waals surface area contributed by atoms with E-state index in [4.69, 9.17) is 9.47 Å². The van der Waals surface area contributed by atoms with E-state index in [2.05, 4.69) is 17.0 Å². The molecule has 3 aromatic rings. The first-order chi connectivity index (χ1) is 18.9. The van der Waals surface area contributed by atoms with E-state index >= 15 is 4.39 Å². The molecule has 7 heteroatoms. The molecule has 0 radical (unpaired) electrons. The molecule has 3 aliphatic rings. The van der Waals surface area contributed by atoms with Gasteiger partial charge in [-0.15, -0.1) is 0 Å². The maximum atomic E-state index is 15.0. The van der Waals surface area contributed by atoms with Crippen LogP contribution in [0, 0.1) is 19.7 Å². The first kappa shape index (κ1) is 25.5. The number of fused-ring (bicyclic) bond motifs is 1. The van der Waals surface area contributed by atoms with Crippen LogP contribution in [0.15, 0.2) is 78.8 Å². The second kappa shape index (κ2) is 10.1. The molecular weight excluding hydrogens is 495 g/mol. The quantitative estimate of drug-likeness (QED) is 0.431. The number of carbonyl (C=O) groups is 2. The summed E-state index contributed by atoms with van der Waals surface area (Å²) >= 11 is 0. The molecule has 6 nitrogen and oxygen atoms in total. The first-order valence-electron chi connectivity index (χ1n) is 13.3. The van der Waals surface area contributed by atoms with E-state index in [0.29, 0.717) is 31.7 Å². The zero-order valence-electron chi connectivity index (χ0n) is 22.2. The van der Waals surface area contributed by atoms with Gasteiger partial charge in [0.05, 0.1) is 11.6 Å². The van der Waals surface area contributed by atoms with Gasteiger partial charge in [-0.2, -0.15) is 0 Å². The Kier molecular flexibility index (Phi) is 6.57. The summed E-state index contributed by atoms with van der Waals surface area (Å²) in [6.07, 6.45) is 2.42. The Labute approximate surface area is 227 Å². The van der Waals surface area contributed by atoms with Crippen LogP contribution in [0.25, 0.3) is 0 Å². The molecule has 2 unspecified atom stereocenters. The standard InChI is InChI=1S/C32H31FN2O4/c1-21-15-22(2)17-24(16-21)32(30(36)25-9-6-10-26(33)29(25)31(32)37)35-13-11-34(12-14-35)27(28-19-38-20-39-28)18-23-7-4-3-5-8-23/h3-10,15-17,19,27H,11-14,18,20H2,1-2H3. The zero-order chi connectivity index (χ0) is 27.1. The van der Waals surface area contributed by atoms with Crippen LogP contribution in [0.1, 0.15) is 43.0 Å². The Morgan fingerprint density at radius 1 is 0.897 bits per heavy atom. The summed E-state index contributed by atoms with van der Waals surface area (Å²) in [5.74, 6) is -0.700. The lowest BCUT2D eigenvalue weighted by molar-refractivity contribution is 0.0136. The van der Waals surface area contributed by atoms with E-state index in [0.717, 1.165) is 23.3 Å². The zero-order valence-corrected chi connectivity index (χ0v) is 22.2. The highest BCUT2D eigenvalue weighted by Crippen LogP contribution is 2.44. The Morgan fingerprint density at radius 3 is 2.26 bits per heavy atom. The highest BCUT2D eigenvalue weighted by atomic mass is 19.1. The number of halogens is 1. The van der Waals surface area contributed by atoms with Gasteiger partial charge in [-0.05, 0) is 37.5 Å². The SMILES string of the molecule is Cc1cc(C)cc(C2(N3CCN(C(Cc4ccccc4)C4=COCO4)CC3)C(=O)c3cccc(F)c3C2=O)c1. The Balaban J connectivity index is 1.35. The van der Waals surface area contributed by atoms with E-state index in [-0.39, 0.29) is 29.7 Å². The van der Waals surface area contributed by atoms with Crippen LogP contribution < -0.4 is 0 Å². The fourth-order valence-corrected chi connectivity index (χ4v) is 6.38. The number of ether oxygens (including phenoxy) is 2. The molecule has 1 saturated heterocycles. The van der Waals surface area contributed by atoms with Crippen molar-refractivity contribution in [1.29, 1.82) is 0 Å². The minimum atomic E-state index is -1.59. The highest BCUT2D eigenvalue weighted by Gasteiger charge is 2.59. The molecule has 2 atom stereocenters. The van der Waals surface area contributed by atoms with Crippen molar-refractivity contribution in [3.05, 3.63) is 118 Å². The van der Waals surface area contributed by atoms with Crippen molar-refractivity contribution in [2.75, 3.05) is 33.0 Å². The fourth-order valence-electron chi connectivity index (χ4n) is 6.38. The predicted octanol–water partition coefficient (Wildman–Crippen LogP) is 4.79. The summed E-state index contributed by atoms with van der Waals surface area (Å²) in [6.45, 7) is 6.22. The smallest absolute Gasteiger partial charge is 0.229 e. The number of piperazine rings is 1. The summed E-state index contributed by atoms with van der Waals surface area (Å²) in [6, 6.07) is 20.3. The third kappa shape index (κ3) is 4.26. The van der Waals surface area contributed by atoms with Crippen molar-refractivity contribution >= 4 is 11.6 Å². The summed E-state index contributed by atoms with van der Waals surface area (Å²) in [7, 11) is 0. The molecule has 0 spiro atoms. The van der Waals surface area contributed by atoms with E-state index in [9.17, 15) is 9.59 Å². The van der Waals surface area contributed by atoms with Gasteiger partial charge in [-0.25, -0.2) is 4.39 Å². The monoisotopic (exact) mass is 526 g/mol. The van der Waals surface area contributed by atoms with Gasteiger partial charge in [0.2, 0.25) is 6.79 Å². The molecule has 6 rings (SSSR count). The normalized spacial score (nSPS) is 22.3. The van der Waals surface area contributed by atoms with Crippen LogP contribution in [0.3, 0.4) is 0 Å². The van der Waals surface area contributed by atoms with Crippen molar-refractivity contribution in [3.63, 3.8) is 0 Å². The molecule has 0 amide bonds. The van der Waals surface area contributed by atoms with Crippen LogP contribution in [-0.4, -0.2) is 60.4 Å². The van der Waals surface area contributed by atoms with E-state index in [1.54, 1.807) is 12.3 Å². The number of Topliss-reactive ketones (excluding diaryl/α,β-unsaturated/α-hetero) is 2. The summed E-state index contributed by atoms with van der Waals surface area (Å²) < 4.78 is 26.2. The molecule has 0 bridgehead atoms. The minimum absolute atomic E-state index is 0.0427. The molecule has 1 fully saturated rings. The van der Waals surface area contributed by atoms with Crippen molar-refractivity contribution in [3.8, 4) is 0 Å². The van der Waals surface area contributed by atoms with Gasteiger partial charge in [0.15, 0.2) is 22.9 Å². The van der Waals surface area contributed by atoms with E-state index < -0.39 is 17.1 Å². The number of rotatable bonds is 6.